The lowest BCUT2D eigenvalue weighted by Crippen LogP contribution is -2.58. The van der Waals surface area contributed by atoms with Crippen molar-refractivity contribution in [2.75, 3.05) is 19.6 Å². The van der Waals surface area contributed by atoms with Crippen LogP contribution in [0.5, 0.6) is 0 Å². The van der Waals surface area contributed by atoms with Gasteiger partial charge in [-0.1, -0.05) is 12.8 Å². The van der Waals surface area contributed by atoms with E-state index in [9.17, 15) is 0 Å². The first-order valence-electron chi connectivity index (χ1n) is 11.0. The van der Waals surface area contributed by atoms with Crippen LogP contribution in [-0.4, -0.2) is 59.8 Å². The first-order valence-corrected chi connectivity index (χ1v) is 11.0. The van der Waals surface area contributed by atoms with Crippen LogP contribution in [0.1, 0.15) is 86.5 Å². The lowest BCUT2D eigenvalue weighted by atomic mass is 9.84. The summed E-state index contributed by atoms with van der Waals surface area (Å²) in [6, 6.07) is 2.09. The Kier molecular flexibility index (Phi) is 8.71. The van der Waals surface area contributed by atoms with Gasteiger partial charge in [0.15, 0.2) is 0 Å². The van der Waals surface area contributed by atoms with Crippen LogP contribution in [0.2, 0.25) is 0 Å². The highest BCUT2D eigenvalue weighted by Crippen LogP contribution is 2.30. The molecule has 2 fully saturated rings. The van der Waals surface area contributed by atoms with Crippen molar-refractivity contribution in [3.8, 4) is 0 Å². The molecule has 148 valence electrons. The molecule has 1 saturated carbocycles. The quantitative estimate of drug-likeness (QED) is 0.575. The van der Waals surface area contributed by atoms with Gasteiger partial charge in [-0.25, -0.2) is 0 Å². The van der Waals surface area contributed by atoms with Gasteiger partial charge in [-0.3, -0.25) is 9.80 Å². The number of hydrogen-bond acceptors (Lipinski definition) is 3. The first kappa shape index (κ1) is 21.2. The summed E-state index contributed by atoms with van der Waals surface area (Å²) < 4.78 is 5.98. The van der Waals surface area contributed by atoms with E-state index >= 15 is 0 Å². The molecule has 0 spiro atoms. The van der Waals surface area contributed by atoms with Crippen molar-refractivity contribution in [1.29, 1.82) is 0 Å². The van der Waals surface area contributed by atoms with E-state index in [0.717, 1.165) is 5.92 Å². The molecule has 25 heavy (non-hydrogen) atoms. The smallest absolute Gasteiger partial charge is 0.0578 e. The van der Waals surface area contributed by atoms with Crippen LogP contribution >= 0.6 is 0 Å². The summed E-state index contributed by atoms with van der Waals surface area (Å²) in [6.07, 6.45) is 10.5. The molecule has 0 aromatic rings. The predicted molar refractivity (Wildman–Crippen MR) is 108 cm³/mol. The lowest BCUT2D eigenvalue weighted by molar-refractivity contribution is -0.0205. The van der Waals surface area contributed by atoms with E-state index in [0.29, 0.717) is 30.3 Å². The Morgan fingerprint density at radius 1 is 0.880 bits per heavy atom. The summed E-state index contributed by atoms with van der Waals surface area (Å²) in [5, 5.41) is 0. The van der Waals surface area contributed by atoms with E-state index in [4.69, 9.17) is 4.74 Å². The van der Waals surface area contributed by atoms with Crippen LogP contribution in [0, 0.1) is 5.92 Å². The Hall–Kier alpha value is -0.120. The SMILES string of the molecule is CC(C)OC1CCC(CCCCN2C(C)CN(C(C)C)CC2C)CC1. The normalized spacial score (nSPS) is 32.6. The van der Waals surface area contributed by atoms with Gasteiger partial charge in [0.1, 0.15) is 0 Å². The number of nitrogens with zero attached hydrogens (tertiary/aromatic N) is 2. The summed E-state index contributed by atoms with van der Waals surface area (Å²) >= 11 is 0. The molecule has 2 aliphatic rings. The van der Waals surface area contributed by atoms with Gasteiger partial charge in [0.2, 0.25) is 0 Å². The summed E-state index contributed by atoms with van der Waals surface area (Å²) in [6.45, 7) is 17.6. The molecule has 0 amide bonds. The third-order valence-corrected chi connectivity index (χ3v) is 6.40. The summed E-state index contributed by atoms with van der Waals surface area (Å²) in [5.74, 6) is 0.958. The summed E-state index contributed by atoms with van der Waals surface area (Å²) in [4.78, 5) is 5.40. The second kappa shape index (κ2) is 10.3. The molecule has 0 aromatic carbocycles. The van der Waals surface area contributed by atoms with Crippen molar-refractivity contribution in [2.45, 2.75) is 117 Å². The monoisotopic (exact) mass is 352 g/mol. The molecule has 0 radical (unpaired) electrons. The van der Waals surface area contributed by atoms with Crippen LogP contribution in [0.25, 0.3) is 0 Å². The minimum absolute atomic E-state index is 0.390. The highest BCUT2D eigenvalue weighted by molar-refractivity contribution is 4.86. The fraction of sp³-hybridized carbons (Fsp3) is 1.00. The second-order valence-electron chi connectivity index (χ2n) is 9.31. The maximum atomic E-state index is 5.98. The highest BCUT2D eigenvalue weighted by atomic mass is 16.5. The van der Waals surface area contributed by atoms with Crippen molar-refractivity contribution in [2.24, 2.45) is 5.92 Å². The molecule has 2 rings (SSSR count). The van der Waals surface area contributed by atoms with Gasteiger partial charge in [-0.15, -0.1) is 0 Å². The van der Waals surface area contributed by atoms with Crippen molar-refractivity contribution in [3.05, 3.63) is 0 Å². The van der Waals surface area contributed by atoms with Gasteiger partial charge < -0.3 is 4.74 Å². The number of rotatable bonds is 8. The minimum atomic E-state index is 0.390. The Labute approximate surface area is 157 Å². The van der Waals surface area contributed by atoms with E-state index in [2.05, 4.69) is 51.3 Å². The minimum Gasteiger partial charge on any atom is -0.376 e. The molecular weight excluding hydrogens is 308 g/mol. The standard InChI is InChI=1S/C22H44N2O/c1-17(2)23-15-19(5)24(20(6)16-23)14-8-7-9-21-10-12-22(13-11-21)25-18(3)4/h17-22H,7-16H2,1-6H3. The van der Waals surface area contributed by atoms with E-state index < -0.39 is 0 Å². The average molecular weight is 353 g/mol. The van der Waals surface area contributed by atoms with E-state index in [1.165, 1.54) is 64.6 Å². The number of ether oxygens (including phenoxy) is 1. The van der Waals surface area contributed by atoms with Crippen molar-refractivity contribution in [3.63, 3.8) is 0 Å². The zero-order valence-corrected chi connectivity index (χ0v) is 17.8. The van der Waals surface area contributed by atoms with E-state index in [1.807, 2.05) is 0 Å². The second-order valence-corrected chi connectivity index (χ2v) is 9.31. The molecule has 1 aliphatic carbocycles. The van der Waals surface area contributed by atoms with Gasteiger partial charge in [-0.2, -0.15) is 0 Å². The molecule has 2 atom stereocenters. The van der Waals surface area contributed by atoms with Crippen molar-refractivity contribution < 1.29 is 4.74 Å². The maximum absolute atomic E-state index is 5.98. The van der Waals surface area contributed by atoms with Gasteiger partial charge in [-0.05, 0) is 86.1 Å². The Bertz CT molecular complexity index is 351. The Balaban J connectivity index is 1.60. The molecule has 3 nitrogen and oxygen atoms in total. The number of hydrogen-bond donors (Lipinski definition) is 0. The van der Waals surface area contributed by atoms with Crippen LogP contribution in [0.4, 0.5) is 0 Å². The molecule has 1 saturated heterocycles. The van der Waals surface area contributed by atoms with E-state index in [1.54, 1.807) is 0 Å². The predicted octanol–water partition coefficient (Wildman–Crippen LogP) is 4.94. The number of piperazine rings is 1. The molecule has 3 heteroatoms. The molecule has 0 bridgehead atoms. The van der Waals surface area contributed by atoms with Gasteiger partial charge in [0.25, 0.3) is 0 Å². The third kappa shape index (κ3) is 6.84. The van der Waals surface area contributed by atoms with Gasteiger partial charge in [0, 0.05) is 31.2 Å². The van der Waals surface area contributed by atoms with Crippen molar-refractivity contribution >= 4 is 0 Å². The molecule has 1 heterocycles. The summed E-state index contributed by atoms with van der Waals surface area (Å²) in [5.41, 5.74) is 0. The maximum Gasteiger partial charge on any atom is 0.0578 e. The van der Waals surface area contributed by atoms with Crippen LogP contribution in [-0.2, 0) is 4.74 Å². The Morgan fingerprint density at radius 2 is 1.48 bits per heavy atom. The van der Waals surface area contributed by atoms with E-state index in [-0.39, 0.29) is 0 Å². The largest absolute Gasteiger partial charge is 0.376 e. The average Bonchev–Trinajstić information content (AvgIpc) is 2.54. The molecular formula is C22H44N2O. The van der Waals surface area contributed by atoms with Crippen LogP contribution < -0.4 is 0 Å². The molecule has 0 aromatic heterocycles. The van der Waals surface area contributed by atoms with Gasteiger partial charge in [0.05, 0.1) is 12.2 Å². The lowest BCUT2D eigenvalue weighted by Gasteiger charge is -2.46. The molecule has 2 unspecified atom stereocenters. The fourth-order valence-corrected chi connectivity index (χ4v) is 4.93. The molecule has 0 N–H and O–H groups in total. The number of unbranched alkanes of at least 4 members (excludes halogenated alkanes) is 1. The molecule has 1 aliphatic heterocycles. The van der Waals surface area contributed by atoms with Gasteiger partial charge >= 0.3 is 0 Å². The zero-order chi connectivity index (χ0) is 18.4. The zero-order valence-electron chi connectivity index (χ0n) is 17.8. The Morgan fingerprint density at radius 3 is 2.00 bits per heavy atom. The fourth-order valence-electron chi connectivity index (χ4n) is 4.93. The topological polar surface area (TPSA) is 15.7 Å². The highest BCUT2D eigenvalue weighted by Gasteiger charge is 2.30. The van der Waals surface area contributed by atoms with Crippen LogP contribution in [0.3, 0.4) is 0 Å². The van der Waals surface area contributed by atoms with Crippen molar-refractivity contribution in [1.82, 2.24) is 9.80 Å². The van der Waals surface area contributed by atoms with Crippen LogP contribution in [0.15, 0.2) is 0 Å². The first-order chi connectivity index (χ1) is 11.9. The third-order valence-electron chi connectivity index (χ3n) is 6.40. The summed E-state index contributed by atoms with van der Waals surface area (Å²) in [7, 11) is 0.